The largest absolute Gasteiger partial charge is 0.330 e. The van der Waals surface area contributed by atoms with E-state index >= 15 is 0 Å². The molecule has 0 aliphatic rings. The summed E-state index contributed by atoms with van der Waals surface area (Å²) >= 11 is 1.61. The second-order valence-electron chi connectivity index (χ2n) is 4.73. The number of nitrogens with zero attached hydrogens (tertiary/aromatic N) is 4. The van der Waals surface area contributed by atoms with E-state index in [2.05, 4.69) is 26.7 Å². The first-order valence-corrected chi connectivity index (χ1v) is 7.61. The van der Waals surface area contributed by atoms with Gasteiger partial charge in [-0.25, -0.2) is 15.0 Å². The minimum absolute atomic E-state index is 0.557. The van der Waals surface area contributed by atoms with Gasteiger partial charge in [0.25, 0.3) is 0 Å². The van der Waals surface area contributed by atoms with Crippen LogP contribution in [0.25, 0.3) is 27.1 Å². The number of imidazole rings is 1. The van der Waals surface area contributed by atoms with Gasteiger partial charge in [0.15, 0.2) is 5.82 Å². The van der Waals surface area contributed by atoms with Crippen LogP contribution in [0.4, 0.5) is 0 Å². The van der Waals surface area contributed by atoms with Gasteiger partial charge in [0.05, 0.1) is 16.4 Å². The summed E-state index contributed by atoms with van der Waals surface area (Å²) in [4.78, 5) is 14.5. The fourth-order valence-electron chi connectivity index (χ4n) is 2.56. The summed E-state index contributed by atoms with van der Waals surface area (Å²) in [5.74, 6) is 1.81. The molecule has 0 saturated heterocycles. The van der Waals surface area contributed by atoms with Crippen LogP contribution in [0.1, 0.15) is 5.82 Å². The van der Waals surface area contributed by atoms with Gasteiger partial charge in [0, 0.05) is 6.42 Å². The molecule has 21 heavy (non-hydrogen) atoms. The highest BCUT2D eigenvalue weighted by Crippen LogP contribution is 2.27. The van der Waals surface area contributed by atoms with Crippen molar-refractivity contribution in [3.05, 3.63) is 47.9 Å². The maximum Gasteiger partial charge on any atom is 0.150 e. The number of nitrogens with two attached hydrogens (primary N) is 1. The van der Waals surface area contributed by atoms with E-state index in [-0.39, 0.29) is 0 Å². The number of thiophene rings is 1. The summed E-state index contributed by atoms with van der Waals surface area (Å²) in [5, 5.41) is 3.08. The number of aromatic nitrogens is 4. The van der Waals surface area contributed by atoms with Crippen LogP contribution < -0.4 is 5.73 Å². The van der Waals surface area contributed by atoms with Crippen molar-refractivity contribution in [1.29, 1.82) is 0 Å². The number of hydrogen-bond donors (Lipinski definition) is 1. The van der Waals surface area contributed by atoms with Crippen LogP contribution in [0.3, 0.4) is 0 Å². The lowest BCUT2D eigenvalue weighted by atomic mass is 10.3. The highest BCUT2D eigenvalue weighted by atomic mass is 32.1. The second kappa shape index (κ2) is 4.91. The second-order valence-corrected chi connectivity index (χ2v) is 5.62. The Kier molecular flexibility index (Phi) is 2.90. The van der Waals surface area contributed by atoms with Crippen molar-refractivity contribution in [1.82, 2.24) is 19.5 Å². The Morgan fingerprint density at radius 1 is 1.14 bits per heavy atom. The van der Waals surface area contributed by atoms with E-state index in [1.807, 2.05) is 23.6 Å². The molecule has 3 aromatic heterocycles. The van der Waals surface area contributed by atoms with E-state index < -0.39 is 0 Å². The zero-order chi connectivity index (χ0) is 14.2. The molecule has 0 fully saturated rings. The van der Waals surface area contributed by atoms with Crippen molar-refractivity contribution in [2.24, 2.45) is 5.73 Å². The molecule has 0 amide bonds. The first-order chi connectivity index (χ1) is 10.4. The van der Waals surface area contributed by atoms with Crippen molar-refractivity contribution in [3.63, 3.8) is 0 Å². The molecule has 0 aliphatic carbocycles. The summed E-state index contributed by atoms with van der Waals surface area (Å²) in [7, 11) is 0. The van der Waals surface area contributed by atoms with Crippen molar-refractivity contribution in [2.45, 2.75) is 6.42 Å². The topological polar surface area (TPSA) is 69.6 Å². The predicted molar refractivity (Wildman–Crippen MR) is 84.8 cm³/mol. The summed E-state index contributed by atoms with van der Waals surface area (Å²) in [6, 6.07) is 10.1. The predicted octanol–water partition coefficient (Wildman–Crippen LogP) is 2.53. The first-order valence-electron chi connectivity index (χ1n) is 6.73. The van der Waals surface area contributed by atoms with Crippen LogP contribution in [-0.2, 0) is 6.42 Å². The molecule has 2 N–H and O–H groups in total. The maximum absolute atomic E-state index is 5.74. The van der Waals surface area contributed by atoms with Crippen molar-refractivity contribution >= 4 is 32.6 Å². The third kappa shape index (κ3) is 1.91. The Hall–Kier alpha value is -2.31. The standard InChI is InChI=1S/C15H13N5S/c16-7-5-13-19-11-3-1-2-4-12(11)20(13)14-10-6-8-21-15(10)18-9-17-14/h1-4,6,8-9H,5,7,16H2. The Morgan fingerprint density at radius 3 is 2.95 bits per heavy atom. The zero-order valence-electron chi connectivity index (χ0n) is 11.2. The highest BCUT2D eigenvalue weighted by Gasteiger charge is 2.15. The fourth-order valence-corrected chi connectivity index (χ4v) is 3.29. The van der Waals surface area contributed by atoms with Gasteiger partial charge >= 0.3 is 0 Å². The molecule has 0 radical (unpaired) electrons. The molecule has 3 heterocycles. The third-order valence-corrected chi connectivity index (χ3v) is 4.27. The van der Waals surface area contributed by atoms with Gasteiger partial charge in [0.2, 0.25) is 0 Å². The Labute approximate surface area is 125 Å². The molecule has 0 saturated carbocycles. The number of hydrogen-bond acceptors (Lipinski definition) is 5. The molecule has 0 atom stereocenters. The lowest BCUT2D eigenvalue weighted by Gasteiger charge is -2.08. The Morgan fingerprint density at radius 2 is 2.05 bits per heavy atom. The average molecular weight is 295 g/mol. The molecule has 0 bridgehead atoms. The number of benzene rings is 1. The minimum atomic E-state index is 0.557. The number of rotatable bonds is 3. The summed E-state index contributed by atoms with van der Waals surface area (Å²) in [5.41, 5.74) is 7.75. The third-order valence-electron chi connectivity index (χ3n) is 3.45. The molecular weight excluding hydrogens is 282 g/mol. The van der Waals surface area contributed by atoms with Gasteiger partial charge in [-0.3, -0.25) is 4.57 Å². The first kappa shape index (κ1) is 12.4. The lowest BCUT2D eigenvalue weighted by Crippen LogP contribution is -2.10. The molecule has 6 heteroatoms. The lowest BCUT2D eigenvalue weighted by molar-refractivity contribution is 0.837. The smallest absolute Gasteiger partial charge is 0.150 e. The zero-order valence-corrected chi connectivity index (χ0v) is 12.0. The minimum Gasteiger partial charge on any atom is -0.330 e. The van der Waals surface area contributed by atoms with Gasteiger partial charge in [-0.1, -0.05) is 12.1 Å². The molecule has 5 nitrogen and oxygen atoms in total. The van der Waals surface area contributed by atoms with E-state index in [0.717, 1.165) is 32.9 Å². The summed E-state index contributed by atoms with van der Waals surface area (Å²) in [6.07, 6.45) is 2.32. The van der Waals surface area contributed by atoms with E-state index in [1.165, 1.54) is 0 Å². The van der Waals surface area contributed by atoms with E-state index in [4.69, 9.17) is 10.7 Å². The van der Waals surface area contributed by atoms with Crippen LogP contribution >= 0.6 is 11.3 Å². The molecule has 104 valence electrons. The number of fused-ring (bicyclic) bond motifs is 2. The van der Waals surface area contributed by atoms with Crippen LogP contribution in [-0.4, -0.2) is 26.1 Å². The van der Waals surface area contributed by atoms with Crippen molar-refractivity contribution in [3.8, 4) is 5.82 Å². The molecule has 4 aromatic rings. The summed E-state index contributed by atoms with van der Waals surface area (Å²) < 4.78 is 2.10. The Bertz CT molecular complexity index is 924. The molecule has 1 aromatic carbocycles. The van der Waals surface area contributed by atoms with Crippen LogP contribution in [0, 0.1) is 0 Å². The monoisotopic (exact) mass is 295 g/mol. The average Bonchev–Trinajstić information content (AvgIpc) is 3.11. The fraction of sp³-hybridized carbons (Fsp3) is 0.133. The van der Waals surface area contributed by atoms with Gasteiger partial charge < -0.3 is 5.73 Å². The normalized spacial score (nSPS) is 11.5. The van der Waals surface area contributed by atoms with Gasteiger partial charge in [-0.05, 0) is 30.1 Å². The Balaban J connectivity index is 2.09. The van der Waals surface area contributed by atoms with Gasteiger partial charge in [0.1, 0.15) is 17.0 Å². The molecule has 0 aliphatic heterocycles. The quantitative estimate of drug-likeness (QED) is 0.630. The number of para-hydroxylation sites is 2. The molecular formula is C15H13N5S. The molecule has 0 unspecified atom stereocenters. The summed E-state index contributed by atoms with van der Waals surface area (Å²) in [6.45, 7) is 0.557. The van der Waals surface area contributed by atoms with Crippen LogP contribution in [0.15, 0.2) is 42.0 Å². The van der Waals surface area contributed by atoms with Crippen LogP contribution in [0.2, 0.25) is 0 Å². The van der Waals surface area contributed by atoms with Gasteiger partial charge in [-0.2, -0.15) is 0 Å². The maximum atomic E-state index is 5.74. The van der Waals surface area contributed by atoms with E-state index in [9.17, 15) is 0 Å². The van der Waals surface area contributed by atoms with Gasteiger partial charge in [-0.15, -0.1) is 11.3 Å². The van der Waals surface area contributed by atoms with E-state index in [0.29, 0.717) is 13.0 Å². The molecule has 0 spiro atoms. The highest BCUT2D eigenvalue weighted by molar-refractivity contribution is 7.16. The van der Waals surface area contributed by atoms with Crippen LogP contribution in [0.5, 0.6) is 0 Å². The van der Waals surface area contributed by atoms with E-state index in [1.54, 1.807) is 17.7 Å². The van der Waals surface area contributed by atoms with Crippen molar-refractivity contribution < 1.29 is 0 Å². The molecule has 4 rings (SSSR count). The van der Waals surface area contributed by atoms with Crippen molar-refractivity contribution in [2.75, 3.05) is 6.54 Å². The SMILES string of the molecule is NCCc1nc2ccccc2n1-c1ncnc2sccc12.